The highest BCUT2D eigenvalue weighted by Crippen LogP contribution is 2.14. The maximum absolute atomic E-state index is 12.4. The number of aliphatic hydroxyl groups excluding tert-OH is 1. The second-order valence-electron chi connectivity index (χ2n) is 4.23. The molecule has 0 saturated carbocycles. The zero-order valence-electron chi connectivity index (χ0n) is 10.9. The third-order valence-corrected chi connectivity index (χ3v) is 4.42. The molecule has 0 aliphatic carbocycles. The van der Waals surface area contributed by atoms with Gasteiger partial charge in [-0.15, -0.1) is 0 Å². The smallest absolute Gasteiger partial charge is 0.335 e. The quantitative estimate of drug-likeness (QED) is 0.737. The Kier molecular flexibility index (Phi) is 6.19. The van der Waals surface area contributed by atoms with Gasteiger partial charge in [-0.05, 0) is 17.7 Å². The summed E-state index contributed by atoms with van der Waals surface area (Å²) in [5.74, 6) is -1.82. The number of hydrogen-bond donors (Lipinski definition) is 2. The molecule has 0 unspecified atom stereocenters. The predicted octanol–water partition coefficient (Wildman–Crippen LogP) is 0.774. The highest BCUT2D eigenvalue weighted by atomic mass is 32.2. The van der Waals surface area contributed by atoms with Gasteiger partial charge in [-0.1, -0.05) is 12.1 Å². The van der Waals surface area contributed by atoms with E-state index < -0.39 is 47.9 Å². The van der Waals surface area contributed by atoms with Gasteiger partial charge >= 0.3 is 5.97 Å². The van der Waals surface area contributed by atoms with Crippen molar-refractivity contribution in [2.45, 2.75) is 12.2 Å². The Morgan fingerprint density at radius 1 is 1.33 bits per heavy atom. The average molecular weight is 323 g/mol. The summed E-state index contributed by atoms with van der Waals surface area (Å²) in [6, 6.07) is 5.23. The van der Waals surface area contributed by atoms with Crippen LogP contribution in [-0.2, 0) is 15.8 Å². The van der Waals surface area contributed by atoms with Gasteiger partial charge in [0.1, 0.15) is 0 Å². The Bertz CT molecular complexity index is 591. The van der Waals surface area contributed by atoms with Crippen molar-refractivity contribution in [3.8, 4) is 0 Å². The maximum atomic E-state index is 12.4. The molecule has 6 nitrogen and oxygen atoms in total. The Morgan fingerprint density at radius 3 is 2.52 bits per heavy atom. The maximum Gasteiger partial charge on any atom is 0.335 e. The summed E-state index contributed by atoms with van der Waals surface area (Å²) in [6.07, 6.45) is -2.86. The van der Waals surface area contributed by atoms with Gasteiger partial charge in [-0.25, -0.2) is 22.0 Å². The van der Waals surface area contributed by atoms with Crippen LogP contribution in [0.25, 0.3) is 0 Å². The minimum atomic E-state index is -4.07. The Balaban J connectivity index is 2.96. The van der Waals surface area contributed by atoms with Crippen molar-refractivity contribution in [2.24, 2.45) is 0 Å². The summed E-state index contributed by atoms with van der Waals surface area (Å²) < 4.78 is 49.3. The Hall–Kier alpha value is -1.58. The zero-order valence-corrected chi connectivity index (χ0v) is 11.8. The monoisotopic (exact) mass is 323 g/mol. The lowest BCUT2D eigenvalue weighted by Gasteiger charge is -2.20. The van der Waals surface area contributed by atoms with Crippen molar-refractivity contribution in [1.82, 2.24) is 4.31 Å². The van der Waals surface area contributed by atoms with E-state index in [0.717, 1.165) is 0 Å². The van der Waals surface area contributed by atoms with Crippen molar-refractivity contribution in [2.75, 3.05) is 19.7 Å². The van der Waals surface area contributed by atoms with Gasteiger partial charge in [0.15, 0.2) is 0 Å². The molecule has 1 rings (SSSR count). The van der Waals surface area contributed by atoms with E-state index in [9.17, 15) is 22.0 Å². The van der Waals surface area contributed by atoms with E-state index in [2.05, 4.69) is 0 Å². The molecule has 9 heteroatoms. The zero-order chi connectivity index (χ0) is 16.0. The largest absolute Gasteiger partial charge is 0.478 e. The highest BCUT2D eigenvalue weighted by molar-refractivity contribution is 7.88. The molecule has 118 valence electrons. The molecule has 0 fully saturated rings. The van der Waals surface area contributed by atoms with Gasteiger partial charge in [0.25, 0.3) is 6.43 Å². The molecule has 0 saturated heterocycles. The van der Waals surface area contributed by atoms with Crippen LogP contribution >= 0.6 is 0 Å². The molecule has 0 atom stereocenters. The second-order valence-corrected chi connectivity index (χ2v) is 6.20. The molecule has 0 spiro atoms. The SMILES string of the molecule is O=C(O)c1cccc(CS(=O)(=O)N(CCO)CC(F)F)c1. The summed E-state index contributed by atoms with van der Waals surface area (Å²) in [5, 5.41) is 17.6. The molecule has 2 N–H and O–H groups in total. The number of rotatable bonds is 8. The molecule has 0 bridgehead atoms. The fourth-order valence-corrected chi connectivity index (χ4v) is 3.19. The third kappa shape index (κ3) is 5.37. The lowest BCUT2D eigenvalue weighted by molar-refractivity contribution is 0.0696. The van der Waals surface area contributed by atoms with Gasteiger partial charge in [0.2, 0.25) is 10.0 Å². The molecular formula is C12H15F2NO5S. The fourth-order valence-electron chi connectivity index (χ4n) is 1.71. The van der Waals surface area contributed by atoms with Crippen molar-refractivity contribution in [1.29, 1.82) is 0 Å². The van der Waals surface area contributed by atoms with Gasteiger partial charge < -0.3 is 10.2 Å². The number of nitrogens with zero attached hydrogens (tertiary/aromatic N) is 1. The number of halogens is 2. The molecule has 0 aliphatic heterocycles. The molecule has 0 aromatic heterocycles. The number of aliphatic hydroxyl groups is 1. The van der Waals surface area contributed by atoms with Crippen LogP contribution in [0.3, 0.4) is 0 Å². The molecule has 1 aromatic carbocycles. The Labute approximate surface area is 120 Å². The predicted molar refractivity (Wildman–Crippen MR) is 70.7 cm³/mol. The summed E-state index contributed by atoms with van der Waals surface area (Å²) in [5.41, 5.74) is 0.0809. The average Bonchev–Trinajstić information content (AvgIpc) is 2.37. The third-order valence-electron chi connectivity index (χ3n) is 2.61. The van der Waals surface area contributed by atoms with Gasteiger partial charge in [0, 0.05) is 6.54 Å². The first-order valence-electron chi connectivity index (χ1n) is 5.95. The number of alkyl halides is 2. The van der Waals surface area contributed by atoms with E-state index in [0.29, 0.717) is 4.31 Å². The number of carbonyl (C=O) groups is 1. The minimum absolute atomic E-state index is 0.0923. The van der Waals surface area contributed by atoms with Crippen molar-refractivity contribution in [3.05, 3.63) is 35.4 Å². The van der Waals surface area contributed by atoms with Crippen LogP contribution < -0.4 is 0 Å². The topological polar surface area (TPSA) is 94.9 Å². The summed E-state index contributed by atoms with van der Waals surface area (Å²) in [4.78, 5) is 10.8. The summed E-state index contributed by atoms with van der Waals surface area (Å²) >= 11 is 0. The van der Waals surface area contributed by atoms with Crippen LogP contribution in [0.15, 0.2) is 24.3 Å². The first kappa shape index (κ1) is 17.5. The molecular weight excluding hydrogens is 308 g/mol. The second kappa shape index (κ2) is 7.43. The van der Waals surface area contributed by atoms with Crippen molar-refractivity contribution >= 4 is 16.0 Å². The highest BCUT2D eigenvalue weighted by Gasteiger charge is 2.25. The lowest BCUT2D eigenvalue weighted by Crippen LogP contribution is -2.38. The Morgan fingerprint density at radius 2 is 2.00 bits per heavy atom. The summed E-state index contributed by atoms with van der Waals surface area (Å²) in [7, 11) is -4.07. The number of carboxylic acid groups (broad SMARTS) is 1. The first-order valence-corrected chi connectivity index (χ1v) is 7.56. The van der Waals surface area contributed by atoms with E-state index in [-0.39, 0.29) is 11.1 Å². The standard InChI is InChI=1S/C12H15F2NO5S/c13-11(14)7-15(4-5-16)21(19,20)8-9-2-1-3-10(6-9)12(17)18/h1-3,6,11,16H,4-5,7-8H2,(H,17,18). The van der Waals surface area contributed by atoms with Crippen LogP contribution in [0.2, 0.25) is 0 Å². The number of hydrogen-bond acceptors (Lipinski definition) is 4. The molecule has 0 heterocycles. The van der Waals surface area contributed by atoms with Gasteiger partial charge in [-0.3, -0.25) is 0 Å². The molecule has 21 heavy (non-hydrogen) atoms. The van der Waals surface area contributed by atoms with Crippen LogP contribution in [0, 0.1) is 0 Å². The van der Waals surface area contributed by atoms with E-state index in [4.69, 9.17) is 10.2 Å². The number of benzene rings is 1. The van der Waals surface area contributed by atoms with Gasteiger partial charge in [-0.2, -0.15) is 4.31 Å². The molecule has 0 amide bonds. The normalized spacial score (nSPS) is 12.0. The minimum Gasteiger partial charge on any atom is -0.478 e. The van der Waals surface area contributed by atoms with E-state index in [1.807, 2.05) is 0 Å². The van der Waals surface area contributed by atoms with Gasteiger partial charge in [0.05, 0.1) is 24.5 Å². The number of sulfonamides is 1. The summed E-state index contributed by atoms with van der Waals surface area (Å²) in [6.45, 7) is -2.03. The van der Waals surface area contributed by atoms with E-state index >= 15 is 0 Å². The number of aromatic carboxylic acids is 1. The molecule has 0 aliphatic rings. The van der Waals surface area contributed by atoms with E-state index in [1.165, 1.54) is 24.3 Å². The number of carboxylic acids is 1. The van der Waals surface area contributed by atoms with Crippen LogP contribution in [0.4, 0.5) is 8.78 Å². The fraction of sp³-hybridized carbons (Fsp3) is 0.417. The van der Waals surface area contributed by atoms with Crippen LogP contribution in [-0.4, -0.2) is 55.0 Å². The van der Waals surface area contributed by atoms with Crippen molar-refractivity contribution < 1.29 is 32.2 Å². The van der Waals surface area contributed by atoms with Crippen molar-refractivity contribution in [3.63, 3.8) is 0 Å². The molecule has 1 aromatic rings. The van der Waals surface area contributed by atoms with Crippen LogP contribution in [0.1, 0.15) is 15.9 Å². The first-order chi connectivity index (χ1) is 9.76. The molecule has 0 radical (unpaired) electrons. The van der Waals surface area contributed by atoms with Crippen LogP contribution in [0.5, 0.6) is 0 Å². The lowest BCUT2D eigenvalue weighted by atomic mass is 10.1. The van der Waals surface area contributed by atoms with E-state index in [1.54, 1.807) is 0 Å².